The van der Waals surface area contributed by atoms with Crippen molar-refractivity contribution in [2.45, 2.75) is 19.5 Å². The molecule has 0 aliphatic heterocycles. The van der Waals surface area contributed by atoms with Crippen LogP contribution in [0.3, 0.4) is 0 Å². The molecule has 1 aromatic heterocycles. The second kappa shape index (κ2) is 8.16. The van der Waals surface area contributed by atoms with Crippen molar-refractivity contribution in [2.75, 3.05) is 7.11 Å². The van der Waals surface area contributed by atoms with Crippen molar-refractivity contribution in [3.05, 3.63) is 66.0 Å². The minimum absolute atomic E-state index is 0.0941. The Kier molecular flexibility index (Phi) is 5.67. The summed E-state index contributed by atoms with van der Waals surface area (Å²) >= 11 is 0. The van der Waals surface area contributed by atoms with Crippen LogP contribution in [0.4, 0.5) is 13.2 Å². The summed E-state index contributed by atoms with van der Waals surface area (Å²) < 4.78 is 54.7. The fourth-order valence-electron chi connectivity index (χ4n) is 2.33. The lowest BCUT2D eigenvalue weighted by Crippen LogP contribution is -2.04. The number of hydrogen-bond acceptors (Lipinski definition) is 5. The van der Waals surface area contributed by atoms with Gasteiger partial charge in [0.15, 0.2) is 0 Å². The van der Waals surface area contributed by atoms with Crippen LogP contribution in [0.25, 0.3) is 0 Å². The van der Waals surface area contributed by atoms with Crippen LogP contribution in [0.2, 0.25) is 0 Å². The summed E-state index contributed by atoms with van der Waals surface area (Å²) in [5, 5.41) is 0. The first-order valence-electron chi connectivity index (χ1n) is 8.42. The standard InChI is InChI=1S/C20H17F3N2O3/c1-3-17-24-18(26-2)12-19(25-17)28-15-9-7-14(8-10-15)27-16-6-4-5-13(11-16)20(21,22)23/h4-12H,3H2,1-2H3. The van der Waals surface area contributed by atoms with Gasteiger partial charge in [0.25, 0.3) is 0 Å². The van der Waals surface area contributed by atoms with Crippen LogP contribution in [0, 0.1) is 0 Å². The van der Waals surface area contributed by atoms with E-state index in [2.05, 4.69) is 9.97 Å². The maximum atomic E-state index is 12.8. The van der Waals surface area contributed by atoms with E-state index in [-0.39, 0.29) is 5.75 Å². The molecule has 0 fully saturated rings. The van der Waals surface area contributed by atoms with Gasteiger partial charge in [-0.25, -0.2) is 0 Å². The molecule has 0 bridgehead atoms. The minimum atomic E-state index is -4.42. The lowest BCUT2D eigenvalue weighted by Gasteiger charge is -2.11. The molecular weight excluding hydrogens is 373 g/mol. The van der Waals surface area contributed by atoms with Crippen molar-refractivity contribution in [2.24, 2.45) is 0 Å². The molecule has 0 aliphatic rings. The minimum Gasteiger partial charge on any atom is -0.481 e. The lowest BCUT2D eigenvalue weighted by atomic mass is 10.2. The van der Waals surface area contributed by atoms with Crippen molar-refractivity contribution in [1.82, 2.24) is 9.97 Å². The molecule has 146 valence electrons. The fraction of sp³-hybridized carbons (Fsp3) is 0.200. The van der Waals surface area contributed by atoms with Gasteiger partial charge in [0.2, 0.25) is 11.8 Å². The van der Waals surface area contributed by atoms with Gasteiger partial charge in [-0.3, -0.25) is 0 Å². The number of aryl methyl sites for hydroxylation is 1. The van der Waals surface area contributed by atoms with Crippen molar-refractivity contribution < 1.29 is 27.4 Å². The van der Waals surface area contributed by atoms with E-state index in [1.54, 1.807) is 30.3 Å². The Morgan fingerprint density at radius 3 is 2.07 bits per heavy atom. The van der Waals surface area contributed by atoms with Gasteiger partial charge < -0.3 is 14.2 Å². The number of ether oxygens (including phenoxy) is 3. The van der Waals surface area contributed by atoms with E-state index >= 15 is 0 Å². The molecule has 0 amide bonds. The van der Waals surface area contributed by atoms with Gasteiger partial charge in [-0.2, -0.15) is 23.1 Å². The molecule has 8 heteroatoms. The van der Waals surface area contributed by atoms with Gasteiger partial charge in [-0.05, 0) is 42.5 Å². The molecule has 0 spiro atoms. The first-order chi connectivity index (χ1) is 13.4. The Bertz CT molecular complexity index is 922. The molecule has 0 saturated heterocycles. The second-order valence-corrected chi connectivity index (χ2v) is 5.72. The van der Waals surface area contributed by atoms with E-state index in [1.807, 2.05) is 6.92 Å². The first kappa shape index (κ1) is 19.5. The Balaban J connectivity index is 1.72. The molecular formula is C20H17F3N2O3. The van der Waals surface area contributed by atoms with Gasteiger partial charge in [-0.1, -0.05) is 13.0 Å². The number of nitrogens with zero attached hydrogens (tertiary/aromatic N) is 2. The highest BCUT2D eigenvalue weighted by atomic mass is 19.4. The van der Waals surface area contributed by atoms with Gasteiger partial charge in [0.1, 0.15) is 23.1 Å². The Morgan fingerprint density at radius 1 is 0.821 bits per heavy atom. The molecule has 0 atom stereocenters. The summed E-state index contributed by atoms with van der Waals surface area (Å²) in [6, 6.07) is 12.7. The van der Waals surface area contributed by atoms with E-state index in [9.17, 15) is 13.2 Å². The van der Waals surface area contributed by atoms with E-state index < -0.39 is 11.7 Å². The Hall–Kier alpha value is -3.29. The quantitative estimate of drug-likeness (QED) is 0.544. The predicted octanol–water partition coefficient (Wildman–Crippen LogP) is 5.65. The number of halogens is 3. The van der Waals surface area contributed by atoms with E-state index in [1.165, 1.54) is 19.2 Å². The van der Waals surface area contributed by atoms with Crippen LogP contribution in [-0.4, -0.2) is 17.1 Å². The third kappa shape index (κ3) is 4.91. The Labute approximate surface area is 159 Å². The molecule has 1 heterocycles. The van der Waals surface area contributed by atoms with Crippen molar-refractivity contribution in [1.29, 1.82) is 0 Å². The smallest absolute Gasteiger partial charge is 0.416 e. The monoisotopic (exact) mass is 390 g/mol. The highest BCUT2D eigenvalue weighted by Crippen LogP contribution is 2.33. The van der Waals surface area contributed by atoms with Crippen LogP contribution < -0.4 is 14.2 Å². The number of rotatable bonds is 6. The first-order valence-corrected chi connectivity index (χ1v) is 8.42. The molecule has 0 N–H and O–H groups in total. The van der Waals surface area contributed by atoms with Crippen LogP contribution >= 0.6 is 0 Å². The number of alkyl halides is 3. The zero-order valence-corrected chi connectivity index (χ0v) is 15.2. The van der Waals surface area contributed by atoms with E-state index in [0.717, 1.165) is 12.1 Å². The van der Waals surface area contributed by atoms with E-state index in [0.29, 0.717) is 35.5 Å². The molecule has 2 aromatic carbocycles. The summed E-state index contributed by atoms with van der Waals surface area (Å²) in [6.07, 6.45) is -3.80. The summed E-state index contributed by atoms with van der Waals surface area (Å²) in [5.41, 5.74) is -0.769. The number of methoxy groups -OCH3 is 1. The van der Waals surface area contributed by atoms with E-state index in [4.69, 9.17) is 14.2 Å². The zero-order valence-electron chi connectivity index (χ0n) is 15.2. The topological polar surface area (TPSA) is 53.5 Å². The molecule has 0 radical (unpaired) electrons. The summed E-state index contributed by atoms with van der Waals surface area (Å²) in [4.78, 5) is 8.45. The molecule has 0 unspecified atom stereocenters. The van der Waals surface area contributed by atoms with Gasteiger partial charge in [-0.15, -0.1) is 0 Å². The van der Waals surface area contributed by atoms with Crippen LogP contribution in [0.1, 0.15) is 18.3 Å². The summed E-state index contributed by atoms with van der Waals surface area (Å²) in [7, 11) is 1.51. The molecule has 0 saturated carbocycles. The number of aromatic nitrogens is 2. The van der Waals surface area contributed by atoms with Crippen LogP contribution in [-0.2, 0) is 12.6 Å². The molecule has 5 nitrogen and oxygen atoms in total. The average molecular weight is 390 g/mol. The highest BCUT2D eigenvalue weighted by molar-refractivity contribution is 5.38. The zero-order chi connectivity index (χ0) is 20.1. The highest BCUT2D eigenvalue weighted by Gasteiger charge is 2.30. The van der Waals surface area contributed by atoms with Crippen molar-refractivity contribution in [3.8, 4) is 29.0 Å². The van der Waals surface area contributed by atoms with Crippen LogP contribution in [0.15, 0.2) is 54.6 Å². The fourth-order valence-corrected chi connectivity index (χ4v) is 2.33. The summed E-state index contributed by atoms with van der Waals surface area (Å²) in [5.74, 6) is 2.26. The van der Waals surface area contributed by atoms with Gasteiger partial charge >= 0.3 is 6.18 Å². The molecule has 0 aliphatic carbocycles. The lowest BCUT2D eigenvalue weighted by molar-refractivity contribution is -0.137. The van der Waals surface area contributed by atoms with Gasteiger partial charge in [0, 0.05) is 6.42 Å². The molecule has 3 rings (SSSR count). The normalized spacial score (nSPS) is 11.2. The van der Waals surface area contributed by atoms with Crippen molar-refractivity contribution in [3.63, 3.8) is 0 Å². The second-order valence-electron chi connectivity index (χ2n) is 5.72. The SMILES string of the molecule is CCc1nc(OC)cc(Oc2ccc(Oc3cccc(C(F)(F)F)c3)cc2)n1. The third-order valence-electron chi connectivity index (χ3n) is 3.69. The predicted molar refractivity (Wildman–Crippen MR) is 96.0 cm³/mol. The molecule has 3 aromatic rings. The number of hydrogen-bond donors (Lipinski definition) is 0. The number of benzene rings is 2. The summed E-state index contributed by atoms with van der Waals surface area (Å²) in [6.45, 7) is 1.92. The van der Waals surface area contributed by atoms with Gasteiger partial charge in [0.05, 0.1) is 18.7 Å². The maximum Gasteiger partial charge on any atom is 0.416 e. The van der Waals surface area contributed by atoms with Crippen molar-refractivity contribution >= 4 is 0 Å². The van der Waals surface area contributed by atoms with Crippen LogP contribution in [0.5, 0.6) is 29.0 Å². The third-order valence-corrected chi connectivity index (χ3v) is 3.69. The average Bonchev–Trinajstić information content (AvgIpc) is 2.68. The largest absolute Gasteiger partial charge is 0.481 e. The molecule has 28 heavy (non-hydrogen) atoms. The Morgan fingerprint density at radius 2 is 1.46 bits per heavy atom. The maximum absolute atomic E-state index is 12.8.